The number of amides is 1. The van der Waals surface area contributed by atoms with E-state index in [9.17, 15) is 4.79 Å². The van der Waals surface area contributed by atoms with Crippen molar-refractivity contribution in [2.45, 2.75) is 39.7 Å². The predicted molar refractivity (Wildman–Crippen MR) is 93.6 cm³/mol. The molecular formula is C19H30N2O2. The Kier molecular flexibility index (Phi) is 6.46. The SMILES string of the molecule is CCN(C(=O)CN1CCC(C)CC1)C(C)c1cccc(OC)c1. The van der Waals surface area contributed by atoms with E-state index in [-0.39, 0.29) is 11.9 Å². The van der Waals surface area contributed by atoms with Gasteiger partial charge in [-0.3, -0.25) is 9.69 Å². The van der Waals surface area contributed by atoms with Gasteiger partial charge in [0.05, 0.1) is 19.7 Å². The molecular weight excluding hydrogens is 288 g/mol. The Bertz CT molecular complexity index is 510. The van der Waals surface area contributed by atoms with Gasteiger partial charge in [0.1, 0.15) is 5.75 Å². The third-order valence-corrected chi connectivity index (χ3v) is 4.94. The number of hydrogen-bond donors (Lipinski definition) is 0. The van der Waals surface area contributed by atoms with Crippen molar-refractivity contribution in [1.82, 2.24) is 9.80 Å². The number of nitrogens with zero attached hydrogens (tertiary/aromatic N) is 2. The van der Waals surface area contributed by atoms with Crippen LogP contribution in [0.2, 0.25) is 0 Å². The van der Waals surface area contributed by atoms with E-state index in [0.717, 1.165) is 36.9 Å². The van der Waals surface area contributed by atoms with Gasteiger partial charge in [-0.05, 0) is 63.4 Å². The minimum atomic E-state index is 0.0614. The van der Waals surface area contributed by atoms with Crippen molar-refractivity contribution in [2.75, 3.05) is 33.3 Å². The lowest BCUT2D eigenvalue weighted by Gasteiger charge is -2.34. The Morgan fingerprint density at radius 3 is 2.70 bits per heavy atom. The van der Waals surface area contributed by atoms with Crippen molar-refractivity contribution in [3.63, 3.8) is 0 Å². The zero-order chi connectivity index (χ0) is 16.8. The van der Waals surface area contributed by atoms with Gasteiger partial charge >= 0.3 is 0 Å². The van der Waals surface area contributed by atoms with Crippen molar-refractivity contribution in [1.29, 1.82) is 0 Å². The molecule has 1 aliphatic heterocycles. The molecule has 1 aliphatic rings. The summed E-state index contributed by atoms with van der Waals surface area (Å²) in [5, 5.41) is 0. The summed E-state index contributed by atoms with van der Waals surface area (Å²) in [6, 6.07) is 8.05. The fraction of sp³-hybridized carbons (Fsp3) is 0.632. The van der Waals surface area contributed by atoms with Crippen LogP contribution in [0.4, 0.5) is 0 Å². The molecule has 0 radical (unpaired) electrons. The summed E-state index contributed by atoms with van der Waals surface area (Å²) in [6.45, 7) is 9.77. The van der Waals surface area contributed by atoms with Gasteiger partial charge in [0.15, 0.2) is 0 Å². The van der Waals surface area contributed by atoms with Gasteiger partial charge in [-0.2, -0.15) is 0 Å². The largest absolute Gasteiger partial charge is 0.497 e. The number of benzene rings is 1. The first-order valence-electron chi connectivity index (χ1n) is 8.71. The Balaban J connectivity index is 2.00. The number of ether oxygens (including phenoxy) is 1. The Hall–Kier alpha value is -1.55. The van der Waals surface area contributed by atoms with Crippen LogP contribution in [-0.2, 0) is 4.79 Å². The lowest BCUT2D eigenvalue weighted by molar-refractivity contribution is -0.134. The molecule has 2 rings (SSSR count). The first-order chi connectivity index (χ1) is 11.0. The fourth-order valence-electron chi connectivity index (χ4n) is 3.25. The summed E-state index contributed by atoms with van der Waals surface area (Å²) in [4.78, 5) is 17.0. The zero-order valence-electron chi connectivity index (χ0n) is 14.9. The second-order valence-electron chi connectivity index (χ2n) is 6.59. The molecule has 1 heterocycles. The fourth-order valence-corrected chi connectivity index (χ4v) is 3.25. The summed E-state index contributed by atoms with van der Waals surface area (Å²) in [6.07, 6.45) is 2.40. The number of likely N-dealkylation sites (N-methyl/N-ethyl adjacent to an activating group) is 1. The molecule has 1 unspecified atom stereocenters. The molecule has 0 spiro atoms. The highest BCUT2D eigenvalue weighted by molar-refractivity contribution is 5.78. The van der Waals surface area contributed by atoms with Gasteiger partial charge in [0.25, 0.3) is 0 Å². The van der Waals surface area contributed by atoms with Crippen molar-refractivity contribution in [2.24, 2.45) is 5.92 Å². The molecule has 23 heavy (non-hydrogen) atoms. The number of methoxy groups -OCH3 is 1. The van der Waals surface area contributed by atoms with Crippen LogP contribution in [0.15, 0.2) is 24.3 Å². The number of hydrogen-bond acceptors (Lipinski definition) is 3. The van der Waals surface area contributed by atoms with Gasteiger partial charge in [-0.25, -0.2) is 0 Å². The number of carbonyl (C=O) groups excluding carboxylic acids is 1. The molecule has 0 bridgehead atoms. The molecule has 0 aromatic heterocycles. The molecule has 4 heteroatoms. The summed E-state index contributed by atoms with van der Waals surface area (Å²) in [5.74, 6) is 1.85. The lowest BCUT2D eigenvalue weighted by atomic mass is 9.99. The molecule has 1 saturated heterocycles. The first-order valence-corrected chi connectivity index (χ1v) is 8.71. The summed E-state index contributed by atoms with van der Waals surface area (Å²) in [7, 11) is 1.67. The molecule has 0 aliphatic carbocycles. The molecule has 1 amide bonds. The quantitative estimate of drug-likeness (QED) is 0.806. The smallest absolute Gasteiger partial charge is 0.237 e. The molecule has 128 valence electrons. The summed E-state index contributed by atoms with van der Waals surface area (Å²) >= 11 is 0. The molecule has 0 saturated carbocycles. The molecule has 1 aromatic rings. The van der Waals surface area contributed by atoms with E-state index in [1.54, 1.807) is 7.11 Å². The minimum absolute atomic E-state index is 0.0614. The normalized spacial score (nSPS) is 17.7. The maximum absolute atomic E-state index is 12.7. The van der Waals surface area contributed by atoms with Crippen molar-refractivity contribution in [3.8, 4) is 5.75 Å². The predicted octanol–water partition coefficient (Wildman–Crippen LogP) is 3.34. The number of carbonyl (C=O) groups is 1. The van der Waals surface area contributed by atoms with Gasteiger partial charge in [0.2, 0.25) is 5.91 Å². The second-order valence-corrected chi connectivity index (χ2v) is 6.59. The van der Waals surface area contributed by atoms with E-state index in [1.807, 2.05) is 30.0 Å². The monoisotopic (exact) mass is 318 g/mol. The maximum atomic E-state index is 12.7. The van der Waals surface area contributed by atoms with Crippen LogP contribution in [0.25, 0.3) is 0 Å². The van der Waals surface area contributed by atoms with Crippen molar-refractivity contribution >= 4 is 5.91 Å². The van der Waals surface area contributed by atoms with Crippen molar-refractivity contribution in [3.05, 3.63) is 29.8 Å². The van der Waals surface area contributed by atoms with E-state index in [2.05, 4.69) is 24.8 Å². The third kappa shape index (κ3) is 4.71. The Morgan fingerprint density at radius 1 is 1.39 bits per heavy atom. The van der Waals surface area contributed by atoms with Crippen molar-refractivity contribution < 1.29 is 9.53 Å². The van der Waals surface area contributed by atoms with Gasteiger partial charge < -0.3 is 9.64 Å². The van der Waals surface area contributed by atoms with Crippen LogP contribution in [0.3, 0.4) is 0 Å². The topological polar surface area (TPSA) is 32.8 Å². The van der Waals surface area contributed by atoms with Crippen LogP contribution >= 0.6 is 0 Å². The van der Waals surface area contributed by atoms with E-state index in [1.165, 1.54) is 12.8 Å². The zero-order valence-corrected chi connectivity index (χ0v) is 14.9. The van der Waals surface area contributed by atoms with Gasteiger partial charge in [0, 0.05) is 6.54 Å². The molecule has 1 aromatic carbocycles. The van der Waals surface area contributed by atoms with Crippen LogP contribution in [0.1, 0.15) is 45.2 Å². The van der Waals surface area contributed by atoms with Gasteiger partial charge in [-0.1, -0.05) is 19.1 Å². The van der Waals surface area contributed by atoms with E-state index in [4.69, 9.17) is 4.74 Å². The van der Waals surface area contributed by atoms with Crippen LogP contribution < -0.4 is 4.74 Å². The maximum Gasteiger partial charge on any atom is 0.237 e. The number of likely N-dealkylation sites (tertiary alicyclic amines) is 1. The molecule has 4 nitrogen and oxygen atoms in total. The molecule has 1 atom stereocenters. The number of rotatable bonds is 6. The third-order valence-electron chi connectivity index (χ3n) is 4.94. The summed E-state index contributed by atoms with van der Waals surface area (Å²) < 4.78 is 5.30. The van der Waals surface area contributed by atoms with E-state index < -0.39 is 0 Å². The average Bonchev–Trinajstić information content (AvgIpc) is 2.57. The van der Waals surface area contributed by atoms with E-state index >= 15 is 0 Å². The van der Waals surface area contributed by atoms with Crippen LogP contribution in [-0.4, -0.2) is 49.0 Å². The molecule has 1 fully saturated rings. The van der Waals surface area contributed by atoms with Crippen LogP contribution in [0, 0.1) is 5.92 Å². The highest BCUT2D eigenvalue weighted by atomic mass is 16.5. The molecule has 0 N–H and O–H groups in total. The highest BCUT2D eigenvalue weighted by Crippen LogP contribution is 2.24. The lowest BCUT2D eigenvalue weighted by Crippen LogP contribution is -2.44. The highest BCUT2D eigenvalue weighted by Gasteiger charge is 2.24. The first kappa shape index (κ1) is 17.8. The second kappa shape index (κ2) is 8.34. The van der Waals surface area contributed by atoms with Gasteiger partial charge in [-0.15, -0.1) is 0 Å². The Labute approximate surface area is 140 Å². The van der Waals surface area contributed by atoms with Crippen LogP contribution in [0.5, 0.6) is 5.75 Å². The standard InChI is InChI=1S/C19H30N2O2/c1-5-21(16(3)17-7-6-8-18(13-17)23-4)19(22)14-20-11-9-15(2)10-12-20/h6-8,13,15-16H,5,9-12,14H2,1-4H3. The summed E-state index contributed by atoms with van der Waals surface area (Å²) in [5.41, 5.74) is 1.12. The van der Waals surface area contributed by atoms with E-state index in [0.29, 0.717) is 6.54 Å². The Morgan fingerprint density at radius 2 is 2.09 bits per heavy atom. The minimum Gasteiger partial charge on any atom is -0.497 e. The number of piperidine rings is 1. The average molecular weight is 318 g/mol.